The molecule has 0 unspecified atom stereocenters. The third-order valence-corrected chi connectivity index (χ3v) is 5.46. The summed E-state index contributed by atoms with van der Waals surface area (Å²) in [7, 11) is 1.36. The Bertz CT molecular complexity index is 739. The minimum Gasteiger partial charge on any atom is -0.465 e. The lowest BCUT2D eigenvalue weighted by atomic mass is 9.93. The molecule has 3 nitrogen and oxygen atoms in total. The Hall–Kier alpha value is -1.65. The molecule has 128 valence electrons. The number of carbonyl (C=O) groups is 2. The molecule has 0 aliphatic heterocycles. The van der Waals surface area contributed by atoms with Crippen molar-refractivity contribution in [1.29, 1.82) is 0 Å². The van der Waals surface area contributed by atoms with Gasteiger partial charge in [0.15, 0.2) is 0 Å². The monoisotopic (exact) mass is 364 g/mol. The molecule has 1 heterocycles. The minimum absolute atomic E-state index is 0.0562. The van der Waals surface area contributed by atoms with E-state index in [9.17, 15) is 9.59 Å². The predicted molar refractivity (Wildman–Crippen MR) is 98.2 cm³/mol. The number of rotatable bonds is 5. The van der Waals surface area contributed by atoms with E-state index in [4.69, 9.17) is 16.3 Å². The molecule has 0 radical (unpaired) electrons. The molecule has 1 aromatic carbocycles. The minimum atomic E-state index is -0.384. The van der Waals surface area contributed by atoms with Crippen molar-refractivity contribution < 1.29 is 14.3 Å². The van der Waals surface area contributed by atoms with Crippen molar-refractivity contribution in [2.75, 3.05) is 7.11 Å². The summed E-state index contributed by atoms with van der Waals surface area (Å²) < 4.78 is 4.86. The molecule has 0 bridgehead atoms. The predicted octanol–water partition coefficient (Wildman–Crippen LogP) is 4.84. The summed E-state index contributed by atoms with van der Waals surface area (Å²) >= 11 is 7.27. The van der Waals surface area contributed by atoms with E-state index in [1.165, 1.54) is 18.4 Å². The zero-order valence-corrected chi connectivity index (χ0v) is 15.9. The Morgan fingerprint density at radius 1 is 1.12 bits per heavy atom. The third-order valence-electron chi connectivity index (χ3n) is 3.62. The molecule has 0 saturated heterocycles. The lowest BCUT2D eigenvalue weighted by Crippen LogP contribution is -2.10. The fraction of sp³-hybridized carbons (Fsp3) is 0.368. The fourth-order valence-corrected chi connectivity index (χ4v) is 3.58. The van der Waals surface area contributed by atoms with Gasteiger partial charge in [-0.3, -0.25) is 4.79 Å². The number of ketones is 1. The van der Waals surface area contributed by atoms with Gasteiger partial charge in [0.25, 0.3) is 0 Å². The lowest BCUT2D eigenvalue weighted by molar-refractivity contribution is -0.117. The quantitative estimate of drug-likeness (QED) is 0.713. The van der Waals surface area contributed by atoms with E-state index in [1.807, 2.05) is 18.2 Å². The summed E-state index contributed by atoms with van der Waals surface area (Å²) in [6, 6.07) is 9.18. The van der Waals surface area contributed by atoms with Gasteiger partial charge in [-0.25, -0.2) is 4.79 Å². The average Bonchev–Trinajstić information content (AvgIpc) is 2.92. The van der Waals surface area contributed by atoms with Gasteiger partial charge >= 0.3 is 5.97 Å². The van der Waals surface area contributed by atoms with Crippen molar-refractivity contribution in [3.05, 3.63) is 56.2 Å². The van der Waals surface area contributed by atoms with Crippen LogP contribution in [0.15, 0.2) is 30.3 Å². The molecule has 1 aromatic heterocycles. The Morgan fingerprint density at radius 2 is 1.75 bits per heavy atom. The van der Waals surface area contributed by atoms with Crippen LogP contribution in [0.4, 0.5) is 0 Å². The number of ether oxygens (including phenoxy) is 1. The molecule has 0 spiro atoms. The van der Waals surface area contributed by atoms with Crippen LogP contribution in [0.25, 0.3) is 0 Å². The van der Waals surface area contributed by atoms with Crippen LogP contribution in [0, 0.1) is 0 Å². The van der Waals surface area contributed by atoms with Crippen LogP contribution in [-0.4, -0.2) is 18.9 Å². The highest BCUT2D eigenvalue weighted by atomic mass is 35.5. The van der Waals surface area contributed by atoms with Crippen LogP contribution in [-0.2, 0) is 27.8 Å². The van der Waals surface area contributed by atoms with E-state index in [1.54, 1.807) is 12.1 Å². The van der Waals surface area contributed by atoms with Gasteiger partial charge in [-0.2, -0.15) is 0 Å². The van der Waals surface area contributed by atoms with Gasteiger partial charge in [0.1, 0.15) is 10.7 Å². The fourth-order valence-electron chi connectivity index (χ4n) is 2.30. The molecule has 0 fully saturated rings. The topological polar surface area (TPSA) is 43.4 Å². The Kier molecular flexibility index (Phi) is 5.83. The number of carbonyl (C=O) groups excluding carboxylic acids is 2. The summed E-state index contributed by atoms with van der Waals surface area (Å²) in [4.78, 5) is 26.0. The molecule has 0 amide bonds. The second-order valence-electron chi connectivity index (χ2n) is 6.73. The smallest absolute Gasteiger partial charge is 0.348 e. The summed E-state index contributed by atoms with van der Waals surface area (Å²) in [5, 5.41) is 0.645. The summed E-state index contributed by atoms with van der Waals surface area (Å²) in [6.07, 6.45) is 0.540. The maximum Gasteiger partial charge on any atom is 0.348 e. The van der Waals surface area contributed by atoms with Gasteiger partial charge in [0, 0.05) is 22.7 Å². The molecule has 2 aromatic rings. The molecule has 0 N–H and O–H groups in total. The first kappa shape index (κ1) is 18.7. The van der Waals surface area contributed by atoms with Crippen LogP contribution in [0.5, 0.6) is 0 Å². The second-order valence-corrected chi connectivity index (χ2v) is 8.21. The van der Waals surface area contributed by atoms with E-state index in [-0.39, 0.29) is 23.6 Å². The first-order valence-corrected chi connectivity index (χ1v) is 8.88. The molecular weight excluding hydrogens is 344 g/mol. The number of Topliss-reactive ketones (excluding diaryl/α,β-unsaturated/α-hetero) is 1. The zero-order valence-electron chi connectivity index (χ0n) is 14.3. The maximum absolute atomic E-state index is 12.4. The number of hydrogen-bond acceptors (Lipinski definition) is 4. The standard InChI is InChI=1S/C19H21ClO3S/c1-19(2,3)16-11-13(17(24-16)18(22)23-4)10-15(21)9-12-5-7-14(20)8-6-12/h5-8,11H,9-10H2,1-4H3. The van der Waals surface area contributed by atoms with Crippen molar-refractivity contribution >= 4 is 34.7 Å². The number of halogens is 1. The van der Waals surface area contributed by atoms with Gasteiger partial charge in [-0.15, -0.1) is 11.3 Å². The number of benzene rings is 1. The Balaban J connectivity index is 2.21. The van der Waals surface area contributed by atoms with E-state index in [0.29, 0.717) is 16.3 Å². The highest BCUT2D eigenvalue weighted by molar-refractivity contribution is 7.14. The molecule has 2 rings (SSSR count). The van der Waals surface area contributed by atoms with Gasteiger partial charge in [-0.1, -0.05) is 44.5 Å². The molecular formula is C19H21ClO3S. The van der Waals surface area contributed by atoms with Gasteiger partial charge in [0.05, 0.1) is 7.11 Å². The third kappa shape index (κ3) is 4.68. The van der Waals surface area contributed by atoms with E-state index in [0.717, 1.165) is 16.0 Å². The van der Waals surface area contributed by atoms with Crippen LogP contribution < -0.4 is 0 Å². The van der Waals surface area contributed by atoms with Crippen LogP contribution >= 0.6 is 22.9 Å². The van der Waals surface area contributed by atoms with Crippen molar-refractivity contribution in [3.63, 3.8) is 0 Å². The first-order valence-electron chi connectivity index (χ1n) is 7.68. The van der Waals surface area contributed by atoms with Gasteiger partial charge < -0.3 is 4.74 Å². The molecule has 0 aliphatic carbocycles. The summed E-state index contributed by atoms with van der Waals surface area (Å²) in [6.45, 7) is 6.25. The summed E-state index contributed by atoms with van der Waals surface area (Å²) in [5.41, 5.74) is 1.58. The molecule has 0 atom stereocenters. The molecule has 24 heavy (non-hydrogen) atoms. The first-order chi connectivity index (χ1) is 11.2. The van der Waals surface area contributed by atoms with Crippen molar-refractivity contribution in [2.24, 2.45) is 0 Å². The highest BCUT2D eigenvalue weighted by Gasteiger charge is 2.24. The number of methoxy groups -OCH3 is 1. The van der Waals surface area contributed by atoms with E-state index < -0.39 is 0 Å². The van der Waals surface area contributed by atoms with Crippen LogP contribution in [0.3, 0.4) is 0 Å². The van der Waals surface area contributed by atoms with Crippen molar-refractivity contribution in [2.45, 2.75) is 39.0 Å². The van der Waals surface area contributed by atoms with Gasteiger partial charge in [-0.05, 0) is 34.7 Å². The Morgan fingerprint density at radius 3 is 2.29 bits per heavy atom. The number of esters is 1. The van der Waals surface area contributed by atoms with Crippen molar-refractivity contribution in [1.82, 2.24) is 0 Å². The van der Waals surface area contributed by atoms with Crippen molar-refractivity contribution in [3.8, 4) is 0 Å². The van der Waals surface area contributed by atoms with Gasteiger partial charge in [0.2, 0.25) is 0 Å². The van der Waals surface area contributed by atoms with Crippen LogP contribution in [0.2, 0.25) is 5.02 Å². The summed E-state index contributed by atoms with van der Waals surface area (Å²) in [5.74, 6) is -0.328. The average molecular weight is 365 g/mol. The van der Waals surface area contributed by atoms with E-state index in [2.05, 4.69) is 20.8 Å². The maximum atomic E-state index is 12.4. The molecule has 5 heteroatoms. The highest BCUT2D eigenvalue weighted by Crippen LogP contribution is 2.33. The SMILES string of the molecule is COC(=O)c1sc(C(C)(C)C)cc1CC(=O)Cc1ccc(Cl)cc1. The Labute approximate surface area is 151 Å². The van der Waals surface area contributed by atoms with E-state index >= 15 is 0 Å². The number of thiophene rings is 1. The van der Waals surface area contributed by atoms with Crippen LogP contribution in [0.1, 0.15) is 46.4 Å². The number of hydrogen-bond donors (Lipinski definition) is 0. The molecule has 0 saturated carbocycles. The zero-order chi connectivity index (χ0) is 17.9. The molecule has 0 aliphatic rings. The largest absolute Gasteiger partial charge is 0.465 e. The second kappa shape index (κ2) is 7.49. The normalized spacial score (nSPS) is 11.4. The lowest BCUT2D eigenvalue weighted by Gasteiger charge is -2.15.